The van der Waals surface area contributed by atoms with Crippen molar-refractivity contribution in [2.24, 2.45) is 5.92 Å². The highest BCUT2D eigenvalue weighted by molar-refractivity contribution is 8.00. The van der Waals surface area contributed by atoms with Gasteiger partial charge in [-0.25, -0.2) is 0 Å². The summed E-state index contributed by atoms with van der Waals surface area (Å²) in [7, 11) is 4.33. The largest absolute Gasteiger partial charge is 0.309 e. The highest BCUT2D eigenvalue weighted by atomic mass is 32.2. The van der Waals surface area contributed by atoms with E-state index in [2.05, 4.69) is 61.9 Å². The average molecular weight is 249 g/mol. The molecule has 2 heteroatoms. The van der Waals surface area contributed by atoms with Gasteiger partial charge in [-0.3, -0.25) is 0 Å². The molecule has 0 saturated heterocycles. The van der Waals surface area contributed by atoms with Gasteiger partial charge in [0.2, 0.25) is 0 Å². The topological polar surface area (TPSA) is 3.24 Å². The first-order valence-electron chi connectivity index (χ1n) is 6.53. The van der Waals surface area contributed by atoms with E-state index in [4.69, 9.17) is 0 Å². The van der Waals surface area contributed by atoms with Gasteiger partial charge in [0.15, 0.2) is 0 Å². The average Bonchev–Trinajstić information content (AvgIpc) is 3.10. The molecule has 1 fully saturated rings. The Labute approximate surface area is 110 Å². The normalized spacial score (nSPS) is 17.4. The Morgan fingerprint density at radius 1 is 1.24 bits per heavy atom. The Hall–Kier alpha value is -0.470. The lowest BCUT2D eigenvalue weighted by atomic mass is 10.2. The van der Waals surface area contributed by atoms with Crippen LogP contribution in [0.1, 0.15) is 24.8 Å². The van der Waals surface area contributed by atoms with Gasteiger partial charge in [0.05, 0.1) is 0 Å². The molecule has 0 bridgehead atoms. The fourth-order valence-corrected chi connectivity index (χ4v) is 3.37. The lowest BCUT2D eigenvalue weighted by Crippen LogP contribution is -2.18. The summed E-state index contributed by atoms with van der Waals surface area (Å²) in [5.41, 5.74) is 1.35. The van der Waals surface area contributed by atoms with Crippen LogP contribution < -0.4 is 0 Å². The van der Waals surface area contributed by atoms with Gasteiger partial charge >= 0.3 is 0 Å². The Morgan fingerprint density at radius 3 is 2.41 bits per heavy atom. The maximum absolute atomic E-state index is 2.30. The van der Waals surface area contributed by atoms with E-state index in [9.17, 15) is 0 Å². The van der Waals surface area contributed by atoms with Crippen LogP contribution in [0.4, 0.5) is 0 Å². The van der Waals surface area contributed by atoms with E-state index in [1.165, 1.54) is 36.3 Å². The first-order valence-corrected chi connectivity index (χ1v) is 7.41. The van der Waals surface area contributed by atoms with Crippen LogP contribution in [-0.2, 0) is 0 Å². The Bertz CT molecular complexity index is 340. The second kappa shape index (κ2) is 5.92. The molecule has 0 radical (unpaired) electrons. The molecule has 0 heterocycles. The van der Waals surface area contributed by atoms with Crippen LogP contribution in [0, 0.1) is 12.8 Å². The first kappa shape index (κ1) is 13.0. The van der Waals surface area contributed by atoms with Gasteiger partial charge < -0.3 is 4.90 Å². The summed E-state index contributed by atoms with van der Waals surface area (Å²) in [5, 5.41) is 0.820. The van der Waals surface area contributed by atoms with Gasteiger partial charge in [0, 0.05) is 10.1 Å². The van der Waals surface area contributed by atoms with Crippen LogP contribution in [0.25, 0.3) is 0 Å². The molecule has 0 N–H and O–H groups in total. The van der Waals surface area contributed by atoms with Crippen LogP contribution in [-0.4, -0.2) is 30.8 Å². The molecule has 0 amide bonds. The zero-order valence-electron chi connectivity index (χ0n) is 11.1. The van der Waals surface area contributed by atoms with Crippen LogP contribution in [0.15, 0.2) is 29.2 Å². The minimum absolute atomic E-state index is 0.820. The maximum atomic E-state index is 2.30. The summed E-state index contributed by atoms with van der Waals surface area (Å²) in [6.45, 7) is 3.36. The van der Waals surface area contributed by atoms with E-state index in [1.807, 2.05) is 0 Å². The lowest BCUT2D eigenvalue weighted by molar-refractivity contribution is 0.392. The van der Waals surface area contributed by atoms with Crippen LogP contribution in [0.2, 0.25) is 0 Å². The second-order valence-electron chi connectivity index (χ2n) is 5.40. The third-order valence-electron chi connectivity index (χ3n) is 3.32. The predicted molar refractivity (Wildman–Crippen MR) is 76.7 cm³/mol. The summed E-state index contributed by atoms with van der Waals surface area (Å²) in [5.74, 6) is 0.973. The molecule has 1 aromatic carbocycles. The zero-order valence-corrected chi connectivity index (χ0v) is 12.0. The quantitative estimate of drug-likeness (QED) is 0.705. The van der Waals surface area contributed by atoms with E-state index >= 15 is 0 Å². The number of aryl methyl sites for hydroxylation is 1. The van der Waals surface area contributed by atoms with Gasteiger partial charge in [-0.1, -0.05) is 17.7 Å². The van der Waals surface area contributed by atoms with Crippen molar-refractivity contribution in [3.8, 4) is 0 Å². The molecule has 1 aliphatic rings. The molecule has 94 valence electrons. The molecular formula is C15H23NS. The molecule has 1 unspecified atom stereocenters. The Kier molecular flexibility index (Phi) is 4.52. The standard InChI is InChI=1S/C15H23NS/c1-12-4-8-14(9-5-12)17-15(13-6-7-13)10-11-16(2)3/h4-5,8-9,13,15H,6-7,10-11H2,1-3H3. The van der Waals surface area contributed by atoms with E-state index < -0.39 is 0 Å². The molecule has 1 aromatic rings. The fourth-order valence-electron chi connectivity index (χ4n) is 2.04. The van der Waals surface area contributed by atoms with Crippen molar-refractivity contribution in [3.05, 3.63) is 29.8 Å². The summed E-state index contributed by atoms with van der Waals surface area (Å²) in [4.78, 5) is 3.73. The number of nitrogens with zero attached hydrogens (tertiary/aromatic N) is 1. The molecule has 0 spiro atoms. The third kappa shape index (κ3) is 4.36. The van der Waals surface area contributed by atoms with Crippen molar-refractivity contribution < 1.29 is 0 Å². The van der Waals surface area contributed by atoms with Gasteiger partial charge in [-0.05, 0) is 64.9 Å². The number of benzene rings is 1. The lowest BCUT2D eigenvalue weighted by Gasteiger charge is -2.18. The van der Waals surface area contributed by atoms with Crippen molar-refractivity contribution in [3.63, 3.8) is 0 Å². The van der Waals surface area contributed by atoms with Crippen molar-refractivity contribution in [1.29, 1.82) is 0 Å². The van der Waals surface area contributed by atoms with E-state index in [-0.39, 0.29) is 0 Å². The zero-order chi connectivity index (χ0) is 12.3. The SMILES string of the molecule is Cc1ccc(SC(CCN(C)C)C2CC2)cc1. The van der Waals surface area contributed by atoms with Gasteiger partial charge in [0.1, 0.15) is 0 Å². The molecule has 1 nitrogen and oxygen atoms in total. The van der Waals surface area contributed by atoms with Crippen LogP contribution >= 0.6 is 11.8 Å². The molecule has 0 aromatic heterocycles. The number of hydrogen-bond acceptors (Lipinski definition) is 2. The van der Waals surface area contributed by atoms with Crippen LogP contribution in [0.5, 0.6) is 0 Å². The number of rotatable bonds is 6. The molecule has 1 aliphatic carbocycles. The fraction of sp³-hybridized carbons (Fsp3) is 0.600. The van der Waals surface area contributed by atoms with Gasteiger partial charge in [-0.15, -0.1) is 11.8 Å². The third-order valence-corrected chi connectivity index (χ3v) is 4.78. The second-order valence-corrected chi connectivity index (χ2v) is 6.71. The van der Waals surface area contributed by atoms with Crippen molar-refractivity contribution in [1.82, 2.24) is 4.90 Å². The summed E-state index contributed by atoms with van der Waals surface area (Å²) in [6.07, 6.45) is 4.20. The Morgan fingerprint density at radius 2 is 1.88 bits per heavy atom. The van der Waals surface area contributed by atoms with E-state index in [1.54, 1.807) is 0 Å². The molecule has 0 aliphatic heterocycles. The molecule has 1 saturated carbocycles. The molecule has 17 heavy (non-hydrogen) atoms. The van der Waals surface area contributed by atoms with Crippen LogP contribution in [0.3, 0.4) is 0 Å². The summed E-state index contributed by atoms with van der Waals surface area (Å²) < 4.78 is 0. The predicted octanol–water partition coefficient (Wildman–Crippen LogP) is 3.82. The van der Waals surface area contributed by atoms with E-state index in [0.717, 1.165) is 11.2 Å². The number of hydrogen-bond donors (Lipinski definition) is 0. The summed E-state index contributed by atoms with van der Waals surface area (Å²) >= 11 is 2.08. The molecule has 1 atom stereocenters. The van der Waals surface area contributed by atoms with Gasteiger partial charge in [-0.2, -0.15) is 0 Å². The van der Waals surface area contributed by atoms with Crippen molar-refractivity contribution in [2.75, 3.05) is 20.6 Å². The minimum Gasteiger partial charge on any atom is -0.309 e. The molecular weight excluding hydrogens is 226 g/mol. The van der Waals surface area contributed by atoms with Crippen molar-refractivity contribution >= 4 is 11.8 Å². The smallest absolute Gasteiger partial charge is 0.0135 e. The highest BCUT2D eigenvalue weighted by Crippen LogP contribution is 2.43. The monoisotopic (exact) mass is 249 g/mol. The Balaban J connectivity index is 1.90. The van der Waals surface area contributed by atoms with E-state index in [0.29, 0.717) is 0 Å². The number of thioether (sulfide) groups is 1. The summed E-state index contributed by atoms with van der Waals surface area (Å²) in [6, 6.07) is 8.98. The first-order chi connectivity index (χ1) is 8.15. The molecule has 2 rings (SSSR count). The van der Waals surface area contributed by atoms with Gasteiger partial charge in [0.25, 0.3) is 0 Å². The highest BCUT2D eigenvalue weighted by Gasteiger charge is 2.31. The minimum atomic E-state index is 0.820. The van der Waals surface area contributed by atoms with Crippen molar-refractivity contribution in [2.45, 2.75) is 36.3 Å². The maximum Gasteiger partial charge on any atom is 0.0135 e.